The molecule has 1 aliphatic heterocycles. The van der Waals surface area contributed by atoms with E-state index < -0.39 is 4.92 Å². The maximum Gasteiger partial charge on any atom is 0.270 e. The fourth-order valence-electron chi connectivity index (χ4n) is 3.04. The van der Waals surface area contributed by atoms with E-state index in [1.165, 1.54) is 17.8 Å². The fourth-order valence-corrected chi connectivity index (χ4v) is 3.94. The van der Waals surface area contributed by atoms with Crippen LogP contribution in [0.3, 0.4) is 0 Å². The Morgan fingerprint density at radius 3 is 2.86 bits per heavy atom. The summed E-state index contributed by atoms with van der Waals surface area (Å²) in [6.07, 6.45) is 0.692. The summed E-state index contributed by atoms with van der Waals surface area (Å²) in [5, 5.41) is 20.5. The Balaban J connectivity index is 1.53. The van der Waals surface area contributed by atoms with Gasteiger partial charge in [0.15, 0.2) is 11.9 Å². The van der Waals surface area contributed by atoms with E-state index in [4.69, 9.17) is 9.47 Å². The summed E-state index contributed by atoms with van der Waals surface area (Å²) in [5.74, 6) is 2.01. The van der Waals surface area contributed by atoms with Crippen LogP contribution in [0.1, 0.15) is 22.5 Å². The monoisotopic (exact) mass is 398 g/mol. The van der Waals surface area contributed by atoms with Crippen molar-refractivity contribution in [2.24, 2.45) is 7.05 Å². The highest BCUT2D eigenvalue weighted by Crippen LogP contribution is 2.36. The van der Waals surface area contributed by atoms with Crippen LogP contribution in [0.2, 0.25) is 0 Å². The molecule has 28 heavy (non-hydrogen) atoms. The second-order valence-electron chi connectivity index (χ2n) is 6.37. The molecular formula is C19H18N4O4S. The van der Waals surface area contributed by atoms with E-state index in [-0.39, 0.29) is 12.5 Å². The van der Waals surface area contributed by atoms with Crippen LogP contribution in [0.4, 0.5) is 5.69 Å². The smallest absolute Gasteiger partial charge is 0.270 e. The van der Waals surface area contributed by atoms with E-state index in [0.29, 0.717) is 30.1 Å². The Morgan fingerprint density at radius 2 is 2.07 bits per heavy atom. The summed E-state index contributed by atoms with van der Waals surface area (Å²) < 4.78 is 12.8. The first kappa shape index (κ1) is 18.5. The SMILES string of the molecule is Cn1c(Cc2ccccc2)nnc1SCc1cc([N+](=O)[O-])cc2c1OCOC2. The van der Waals surface area contributed by atoms with Crippen LogP contribution in [0, 0.1) is 10.1 Å². The highest BCUT2D eigenvalue weighted by atomic mass is 32.2. The predicted octanol–water partition coefficient (Wildman–Crippen LogP) is 3.47. The summed E-state index contributed by atoms with van der Waals surface area (Å²) in [6, 6.07) is 13.1. The van der Waals surface area contributed by atoms with Crippen LogP contribution in [0.5, 0.6) is 5.75 Å². The van der Waals surface area contributed by atoms with Crippen molar-refractivity contribution in [1.82, 2.24) is 14.8 Å². The van der Waals surface area contributed by atoms with Gasteiger partial charge >= 0.3 is 0 Å². The second-order valence-corrected chi connectivity index (χ2v) is 7.31. The van der Waals surface area contributed by atoms with Crippen LogP contribution in [0.25, 0.3) is 0 Å². The lowest BCUT2D eigenvalue weighted by atomic mass is 10.1. The number of benzene rings is 2. The number of nitro groups is 1. The first-order valence-electron chi connectivity index (χ1n) is 8.67. The third-order valence-corrected chi connectivity index (χ3v) is 5.54. The third-order valence-electron chi connectivity index (χ3n) is 4.47. The lowest BCUT2D eigenvalue weighted by Gasteiger charge is -2.20. The zero-order chi connectivity index (χ0) is 19.5. The maximum absolute atomic E-state index is 11.2. The minimum atomic E-state index is -0.399. The number of nitro benzene ring substituents is 1. The van der Waals surface area contributed by atoms with Crippen molar-refractivity contribution in [3.63, 3.8) is 0 Å². The van der Waals surface area contributed by atoms with Crippen LogP contribution >= 0.6 is 11.8 Å². The van der Waals surface area contributed by atoms with Crippen molar-refractivity contribution in [3.8, 4) is 5.75 Å². The standard InChI is InChI=1S/C19H18N4O4S/c1-22-17(7-13-5-3-2-4-6-13)20-21-19(22)28-11-15-9-16(23(24)25)8-14-10-26-12-27-18(14)15/h2-6,8-9H,7,10-12H2,1H3. The number of aromatic nitrogens is 3. The largest absolute Gasteiger partial charge is 0.467 e. The molecule has 0 amide bonds. The highest BCUT2D eigenvalue weighted by Gasteiger charge is 2.21. The molecule has 0 radical (unpaired) electrons. The molecule has 8 nitrogen and oxygen atoms in total. The molecule has 0 saturated heterocycles. The van der Waals surface area contributed by atoms with Gasteiger partial charge in [-0.25, -0.2) is 0 Å². The van der Waals surface area contributed by atoms with Gasteiger partial charge in [-0.15, -0.1) is 10.2 Å². The Morgan fingerprint density at radius 1 is 1.25 bits per heavy atom. The first-order chi connectivity index (χ1) is 13.6. The Labute approximate surface area is 165 Å². The van der Waals surface area contributed by atoms with E-state index in [2.05, 4.69) is 22.3 Å². The van der Waals surface area contributed by atoms with Crippen LogP contribution in [-0.2, 0) is 30.6 Å². The normalized spacial score (nSPS) is 13.0. The average molecular weight is 398 g/mol. The highest BCUT2D eigenvalue weighted by molar-refractivity contribution is 7.98. The van der Waals surface area contributed by atoms with Gasteiger partial charge < -0.3 is 14.0 Å². The summed E-state index contributed by atoms with van der Waals surface area (Å²) in [6.45, 7) is 0.452. The molecule has 0 N–H and O–H groups in total. The first-order valence-corrected chi connectivity index (χ1v) is 9.66. The van der Waals surface area contributed by atoms with Crippen LogP contribution in [-0.4, -0.2) is 26.5 Å². The molecule has 0 saturated carbocycles. The molecule has 9 heteroatoms. The summed E-state index contributed by atoms with van der Waals surface area (Å²) >= 11 is 1.47. The summed E-state index contributed by atoms with van der Waals surface area (Å²) in [5.41, 5.74) is 2.64. The van der Waals surface area contributed by atoms with Crippen LogP contribution < -0.4 is 4.74 Å². The molecular weight excluding hydrogens is 380 g/mol. The molecule has 0 bridgehead atoms. The minimum absolute atomic E-state index is 0.0335. The van der Waals surface area contributed by atoms with E-state index in [1.54, 1.807) is 6.07 Å². The maximum atomic E-state index is 11.2. The zero-order valence-electron chi connectivity index (χ0n) is 15.2. The van der Waals surface area contributed by atoms with Crippen molar-refractivity contribution >= 4 is 17.4 Å². The number of ether oxygens (including phenoxy) is 2. The average Bonchev–Trinajstić information content (AvgIpc) is 3.06. The Hall–Kier alpha value is -2.91. The van der Waals surface area contributed by atoms with Gasteiger partial charge in [0, 0.05) is 42.5 Å². The molecule has 0 unspecified atom stereocenters. The molecule has 4 rings (SSSR count). The summed E-state index contributed by atoms with van der Waals surface area (Å²) in [7, 11) is 1.92. The van der Waals surface area contributed by atoms with Gasteiger partial charge in [-0.3, -0.25) is 10.1 Å². The van der Waals surface area contributed by atoms with E-state index in [9.17, 15) is 10.1 Å². The van der Waals surface area contributed by atoms with Gasteiger partial charge in [-0.2, -0.15) is 0 Å². The quantitative estimate of drug-likeness (QED) is 0.357. The van der Waals surface area contributed by atoms with Crippen molar-refractivity contribution in [2.45, 2.75) is 23.9 Å². The molecule has 1 aliphatic rings. The number of rotatable bonds is 6. The minimum Gasteiger partial charge on any atom is -0.467 e. The molecule has 0 aliphatic carbocycles. The number of hydrogen-bond acceptors (Lipinski definition) is 7. The molecule has 1 aromatic heterocycles. The predicted molar refractivity (Wildman–Crippen MR) is 103 cm³/mol. The van der Waals surface area contributed by atoms with Crippen LogP contribution in [0.15, 0.2) is 47.6 Å². The molecule has 2 heterocycles. The van der Waals surface area contributed by atoms with Gasteiger partial charge in [-0.1, -0.05) is 42.1 Å². The number of nitrogens with zero attached hydrogens (tertiary/aromatic N) is 4. The van der Waals surface area contributed by atoms with E-state index >= 15 is 0 Å². The third kappa shape index (κ3) is 3.85. The second kappa shape index (κ2) is 7.99. The zero-order valence-corrected chi connectivity index (χ0v) is 16.0. The van der Waals surface area contributed by atoms with Crippen molar-refractivity contribution in [1.29, 1.82) is 0 Å². The number of hydrogen-bond donors (Lipinski definition) is 0. The van der Waals surface area contributed by atoms with Crippen molar-refractivity contribution in [3.05, 3.63) is 75.1 Å². The van der Waals surface area contributed by atoms with Gasteiger partial charge in [0.1, 0.15) is 11.6 Å². The molecule has 2 aromatic carbocycles. The van der Waals surface area contributed by atoms with Gasteiger partial charge in [0.2, 0.25) is 0 Å². The molecule has 0 atom stereocenters. The molecule has 0 fully saturated rings. The van der Waals surface area contributed by atoms with Gasteiger partial charge in [0.25, 0.3) is 5.69 Å². The molecule has 3 aromatic rings. The lowest BCUT2D eigenvalue weighted by molar-refractivity contribution is -0.385. The summed E-state index contributed by atoms with van der Waals surface area (Å²) in [4.78, 5) is 10.8. The fraction of sp³-hybridized carbons (Fsp3) is 0.263. The Kier molecular flexibility index (Phi) is 5.27. The topological polar surface area (TPSA) is 92.3 Å². The lowest BCUT2D eigenvalue weighted by Crippen LogP contribution is -2.13. The van der Waals surface area contributed by atoms with Crippen molar-refractivity contribution in [2.75, 3.05) is 6.79 Å². The Bertz CT molecular complexity index is 1010. The van der Waals surface area contributed by atoms with E-state index in [1.807, 2.05) is 29.8 Å². The number of non-ortho nitro benzene ring substituents is 1. The number of thioether (sulfide) groups is 1. The molecule has 144 valence electrons. The van der Waals surface area contributed by atoms with Gasteiger partial charge in [-0.05, 0) is 5.56 Å². The van der Waals surface area contributed by atoms with Crippen molar-refractivity contribution < 1.29 is 14.4 Å². The molecule has 0 spiro atoms. The van der Waals surface area contributed by atoms with Gasteiger partial charge in [0.05, 0.1) is 11.5 Å². The van der Waals surface area contributed by atoms with E-state index in [0.717, 1.165) is 22.1 Å². The number of fused-ring (bicyclic) bond motifs is 1.